The molecule has 0 aliphatic carbocycles. The van der Waals surface area contributed by atoms with Gasteiger partial charge in [0.15, 0.2) is 5.82 Å². The van der Waals surface area contributed by atoms with E-state index >= 15 is 0 Å². The smallest absolute Gasteiger partial charge is 0.222 e. The summed E-state index contributed by atoms with van der Waals surface area (Å²) in [6.45, 7) is 0.567. The van der Waals surface area contributed by atoms with Crippen molar-refractivity contribution in [3.05, 3.63) is 46.1 Å². The molecule has 3 rings (SSSR count). The van der Waals surface area contributed by atoms with Crippen LogP contribution in [0.5, 0.6) is 0 Å². The lowest BCUT2D eigenvalue weighted by Gasteiger charge is -2.19. The van der Waals surface area contributed by atoms with E-state index in [1.54, 1.807) is 6.07 Å². The van der Waals surface area contributed by atoms with Crippen LogP contribution in [0.2, 0.25) is 10.0 Å². The van der Waals surface area contributed by atoms with Crippen molar-refractivity contribution in [2.24, 2.45) is 0 Å². The second kappa shape index (κ2) is 6.06. The largest absolute Gasteiger partial charge is 0.382 e. The lowest BCUT2D eigenvalue weighted by Crippen LogP contribution is -2.17. The van der Waals surface area contributed by atoms with Crippen molar-refractivity contribution in [2.45, 2.75) is 6.54 Å². The van der Waals surface area contributed by atoms with Gasteiger partial charge in [-0.15, -0.1) is 0 Å². The average Bonchev–Trinajstić information content (AvgIpc) is 2.50. The van der Waals surface area contributed by atoms with Crippen LogP contribution in [-0.2, 0) is 6.54 Å². The molecule has 118 valence electrons. The van der Waals surface area contributed by atoms with Crippen molar-refractivity contribution in [1.82, 2.24) is 15.0 Å². The first-order valence-corrected chi connectivity index (χ1v) is 7.54. The summed E-state index contributed by atoms with van der Waals surface area (Å²) in [5, 5.41) is 1.03. The minimum absolute atomic E-state index is 0.137. The molecule has 0 amide bonds. The minimum atomic E-state index is 0.137. The van der Waals surface area contributed by atoms with Gasteiger partial charge in [-0.25, -0.2) is 9.97 Å². The van der Waals surface area contributed by atoms with Crippen LogP contribution < -0.4 is 16.4 Å². The molecule has 0 bridgehead atoms. The Morgan fingerprint density at radius 3 is 2.52 bits per heavy atom. The molecule has 8 heteroatoms. The Bertz CT molecular complexity index is 883. The van der Waals surface area contributed by atoms with E-state index in [1.807, 2.05) is 36.2 Å². The molecule has 0 aliphatic rings. The van der Waals surface area contributed by atoms with E-state index in [9.17, 15) is 0 Å². The van der Waals surface area contributed by atoms with Crippen LogP contribution in [-0.4, -0.2) is 22.0 Å². The summed E-state index contributed by atoms with van der Waals surface area (Å²) in [7, 11) is 1.94. The Balaban J connectivity index is 1.90. The lowest BCUT2D eigenvalue weighted by molar-refractivity contribution is 0.891. The molecule has 0 unspecified atom stereocenters. The highest BCUT2D eigenvalue weighted by Crippen LogP contribution is 2.27. The normalized spacial score (nSPS) is 10.9. The zero-order valence-corrected chi connectivity index (χ0v) is 13.8. The van der Waals surface area contributed by atoms with Crippen LogP contribution in [0.4, 0.5) is 17.5 Å². The summed E-state index contributed by atoms with van der Waals surface area (Å²) < 4.78 is 0. The molecule has 0 atom stereocenters. The van der Waals surface area contributed by atoms with Gasteiger partial charge < -0.3 is 16.4 Å². The summed E-state index contributed by atoms with van der Waals surface area (Å²) in [4.78, 5) is 14.6. The van der Waals surface area contributed by atoms with Crippen LogP contribution in [0.25, 0.3) is 11.0 Å². The highest BCUT2D eigenvalue weighted by atomic mass is 35.5. The number of fused-ring (bicyclic) bond motifs is 1. The highest BCUT2D eigenvalue weighted by Gasteiger charge is 2.09. The maximum atomic E-state index is 6.06. The Hall–Kier alpha value is -2.31. The summed E-state index contributed by atoms with van der Waals surface area (Å²) in [6, 6.07) is 9.17. The quantitative estimate of drug-likeness (QED) is 0.754. The van der Waals surface area contributed by atoms with E-state index in [1.165, 1.54) is 0 Å². The second-order valence-electron chi connectivity index (χ2n) is 5.09. The molecular formula is C15H14Cl2N6. The molecule has 1 aromatic carbocycles. The molecule has 0 radical (unpaired) electrons. The number of aromatic nitrogens is 3. The molecular weight excluding hydrogens is 335 g/mol. The van der Waals surface area contributed by atoms with E-state index in [4.69, 9.17) is 34.7 Å². The zero-order valence-electron chi connectivity index (χ0n) is 12.3. The molecule has 0 spiro atoms. The minimum Gasteiger partial charge on any atom is -0.382 e. The van der Waals surface area contributed by atoms with Gasteiger partial charge in [0.05, 0.1) is 27.8 Å². The number of pyridine rings is 1. The number of rotatable bonds is 3. The Kier molecular flexibility index (Phi) is 4.11. The van der Waals surface area contributed by atoms with Crippen molar-refractivity contribution in [2.75, 3.05) is 23.4 Å². The molecule has 0 fully saturated rings. The van der Waals surface area contributed by atoms with E-state index in [2.05, 4.69) is 15.0 Å². The van der Waals surface area contributed by atoms with Gasteiger partial charge in [-0.05, 0) is 30.3 Å². The number of nitrogen functional groups attached to an aromatic ring is 2. The molecule has 4 N–H and O–H groups in total. The number of halogens is 2. The van der Waals surface area contributed by atoms with Crippen molar-refractivity contribution in [3.8, 4) is 0 Å². The molecule has 0 aliphatic heterocycles. The monoisotopic (exact) mass is 348 g/mol. The molecule has 2 heterocycles. The molecule has 0 saturated heterocycles. The van der Waals surface area contributed by atoms with Gasteiger partial charge in [-0.1, -0.05) is 23.2 Å². The first-order chi connectivity index (χ1) is 10.9. The zero-order chi connectivity index (χ0) is 16.6. The third kappa shape index (κ3) is 3.23. The van der Waals surface area contributed by atoms with Crippen molar-refractivity contribution < 1.29 is 0 Å². The topological polar surface area (TPSA) is 94.0 Å². The predicted octanol–water partition coefficient (Wildman–Crippen LogP) is 3.13. The Labute approximate surface area is 143 Å². The third-order valence-corrected chi connectivity index (χ3v) is 4.13. The van der Waals surface area contributed by atoms with Crippen LogP contribution in [0.3, 0.4) is 0 Å². The Morgan fingerprint density at radius 2 is 1.78 bits per heavy atom. The summed E-state index contributed by atoms with van der Waals surface area (Å²) in [5.41, 5.74) is 14.4. The fourth-order valence-corrected chi connectivity index (χ4v) is 2.53. The van der Waals surface area contributed by atoms with Crippen LogP contribution in [0.15, 0.2) is 30.3 Å². The number of nitrogens with two attached hydrogens (primary N) is 2. The second-order valence-corrected chi connectivity index (χ2v) is 5.91. The molecule has 23 heavy (non-hydrogen) atoms. The number of hydrogen-bond donors (Lipinski definition) is 2. The number of benzene rings is 1. The van der Waals surface area contributed by atoms with E-state index in [0.29, 0.717) is 27.6 Å². The summed E-state index contributed by atoms with van der Waals surface area (Å²) >= 11 is 12.0. The average molecular weight is 349 g/mol. The van der Waals surface area contributed by atoms with Crippen molar-refractivity contribution in [3.63, 3.8) is 0 Å². The van der Waals surface area contributed by atoms with Crippen molar-refractivity contribution in [1.29, 1.82) is 0 Å². The van der Waals surface area contributed by atoms with Crippen molar-refractivity contribution >= 4 is 51.7 Å². The molecule has 3 aromatic rings. The van der Waals surface area contributed by atoms with E-state index in [-0.39, 0.29) is 11.8 Å². The van der Waals surface area contributed by atoms with E-state index in [0.717, 1.165) is 11.4 Å². The summed E-state index contributed by atoms with van der Waals surface area (Å²) in [5.74, 6) is 0.406. The Morgan fingerprint density at radius 1 is 1.00 bits per heavy atom. The maximum Gasteiger partial charge on any atom is 0.222 e. The van der Waals surface area contributed by atoms with Gasteiger partial charge in [0.25, 0.3) is 0 Å². The van der Waals surface area contributed by atoms with Gasteiger partial charge in [0.2, 0.25) is 5.95 Å². The predicted molar refractivity (Wildman–Crippen MR) is 94.7 cm³/mol. The van der Waals surface area contributed by atoms with Crippen LogP contribution in [0, 0.1) is 0 Å². The summed E-state index contributed by atoms with van der Waals surface area (Å²) in [6.07, 6.45) is 0. The van der Waals surface area contributed by atoms with Crippen LogP contribution in [0.1, 0.15) is 5.69 Å². The first-order valence-electron chi connectivity index (χ1n) is 6.79. The molecule has 0 saturated carbocycles. The SMILES string of the molecule is CN(Cc1ccc2nc(N)nc(N)c2n1)c1ccc(Cl)c(Cl)c1. The number of nitrogens with zero attached hydrogens (tertiary/aromatic N) is 4. The van der Waals surface area contributed by atoms with Gasteiger partial charge >= 0.3 is 0 Å². The van der Waals surface area contributed by atoms with E-state index < -0.39 is 0 Å². The van der Waals surface area contributed by atoms with Gasteiger partial charge in [-0.3, -0.25) is 0 Å². The highest BCUT2D eigenvalue weighted by molar-refractivity contribution is 6.42. The number of anilines is 3. The third-order valence-electron chi connectivity index (χ3n) is 3.39. The lowest BCUT2D eigenvalue weighted by atomic mass is 10.2. The fraction of sp³-hybridized carbons (Fsp3) is 0.133. The molecule has 2 aromatic heterocycles. The standard InChI is InChI=1S/C15H14Cl2N6/c1-23(9-3-4-10(16)11(17)6-9)7-8-2-5-12-13(20-8)14(18)22-15(19)21-12/h2-6H,7H2,1H3,(H4,18,19,21,22). The first kappa shape index (κ1) is 15.6. The van der Waals surface area contributed by atoms with Crippen LogP contribution >= 0.6 is 23.2 Å². The van der Waals surface area contributed by atoms with Gasteiger partial charge in [0.1, 0.15) is 5.52 Å². The molecule has 6 nitrogen and oxygen atoms in total. The fourth-order valence-electron chi connectivity index (χ4n) is 2.24. The maximum absolute atomic E-state index is 6.06. The number of hydrogen-bond acceptors (Lipinski definition) is 6. The van der Waals surface area contributed by atoms with Gasteiger partial charge in [0, 0.05) is 12.7 Å². The van der Waals surface area contributed by atoms with Gasteiger partial charge in [-0.2, -0.15) is 4.98 Å².